The number of aliphatic hydroxyl groups is 1. The van der Waals surface area contributed by atoms with Crippen LogP contribution >= 0.6 is 23.2 Å². The van der Waals surface area contributed by atoms with Gasteiger partial charge in [-0.2, -0.15) is 0 Å². The summed E-state index contributed by atoms with van der Waals surface area (Å²) in [7, 11) is 0. The van der Waals surface area contributed by atoms with Crippen molar-refractivity contribution in [3.05, 3.63) is 27.7 Å². The number of rotatable bonds is 2. The van der Waals surface area contributed by atoms with Crippen LogP contribution in [-0.2, 0) is 4.74 Å². The highest BCUT2D eigenvalue weighted by atomic mass is 35.5. The lowest BCUT2D eigenvalue weighted by molar-refractivity contribution is -0.0858. The van der Waals surface area contributed by atoms with E-state index in [1.807, 2.05) is 6.92 Å². The fourth-order valence-corrected chi connectivity index (χ4v) is 2.67. The van der Waals surface area contributed by atoms with E-state index >= 15 is 0 Å². The van der Waals surface area contributed by atoms with Gasteiger partial charge in [-0.3, -0.25) is 4.79 Å². The van der Waals surface area contributed by atoms with Crippen molar-refractivity contribution < 1.29 is 14.6 Å². The minimum atomic E-state index is -0.391. The molecule has 1 heterocycles. The fourth-order valence-electron chi connectivity index (χ4n) is 2.25. The van der Waals surface area contributed by atoms with Gasteiger partial charge in [0.05, 0.1) is 34.4 Å². The molecule has 1 aromatic rings. The van der Waals surface area contributed by atoms with Crippen molar-refractivity contribution in [2.45, 2.75) is 19.1 Å². The molecule has 5 nitrogen and oxygen atoms in total. The van der Waals surface area contributed by atoms with Crippen LogP contribution in [0.3, 0.4) is 0 Å². The molecule has 3 N–H and O–H groups in total. The zero-order chi connectivity index (χ0) is 14.9. The van der Waals surface area contributed by atoms with Crippen LogP contribution < -0.4 is 5.73 Å². The second kappa shape index (κ2) is 6.18. The topological polar surface area (TPSA) is 75.8 Å². The molecule has 2 atom stereocenters. The van der Waals surface area contributed by atoms with E-state index in [1.165, 1.54) is 12.1 Å². The SMILES string of the molecule is CC1CN(C(=O)c2cc(N)cc(Cl)c2Cl)CC(CO)O1. The summed E-state index contributed by atoms with van der Waals surface area (Å²) >= 11 is 12.0. The second-order valence-electron chi connectivity index (χ2n) is 4.83. The number of aliphatic hydroxyl groups excluding tert-OH is 1. The third-order valence-corrected chi connectivity index (χ3v) is 3.90. The Morgan fingerprint density at radius 2 is 2.20 bits per heavy atom. The van der Waals surface area contributed by atoms with Gasteiger partial charge in [-0.05, 0) is 19.1 Å². The van der Waals surface area contributed by atoms with Crippen molar-refractivity contribution in [2.24, 2.45) is 0 Å². The number of hydrogen-bond donors (Lipinski definition) is 2. The van der Waals surface area contributed by atoms with Crippen molar-refractivity contribution >= 4 is 34.8 Å². The number of morpholine rings is 1. The number of halogens is 2. The molecule has 0 aliphatic carbocycles. The molecular formula is C13H16Cl2N2O3. The number of nitrogen functional groups attached to an aromatic ring is 1. The Bertz CT molecular complexity index is 525. The predicted octanol–water partition coefficient (Wildman–Crippen LogP) is 1.80. The van der Waals surface area contributed by atoms with Crippen molar-refractivity contribution in [1.82, 2.24) is 4.90 Å². The summed E-state index contributed by atoms with van der Waals surface area (Å²) < 4.78 is 5.50. The van der Waals surface area contributed by atoms with Gasteiger partial charge in [-0.15, -0.1) is 0 Å². The number of hydrogen-bond acceptors (Lipinski definition) is 4. The Hall–Kier alpha value is -1.01. The maximum atomic E-state index is 12.5. The third-order valence-electron chi connectivity index (χ3n) is 3.10. The Kier molecular flexibility index (Phi) is 4.75. The van der Waals surface area contributed by atoms with Crippen molar-refractivity contribution in [3.8, 4) is 0 Å². The van der Waals surface area contributed by atoms with Gasteiger partial charge in [-0.25, -0.2) is 0 Å². The quantitative estimate of drug-likeness (QED) is 0.815. The van der Waals surface area contributed by atoms with Crippen LogP contribution in [0.25, 0.3) is 0 Å². The van der Waals surface area contributed by atoms with Gasteiger partial charge in [-0.1, -0.05) is 23.2 Å². The summed E-state index contributed by atoms with van der Waals surface area (Å²) in [5, 5.41) is 9.62. The first-order chi connectivity index (χ1) is 9.42. The molecule has 1 saturated heterocycles. The maximum absolute atomic E-state index is 12.5. The molecule has 1 aliphatic rings. The average molecular weight is 319 g/mol. The van der Waals surface area contributed by atoms with E-state index in [2.05, 4.69) is 0 Å². The van der Waals surface area contributed by atoms with Crippen LogP contribution in [0, 0.1) is 0 Å². The summed E-state index contributed by atoms with van der Waals surface area (Å²) in [6.07, 6.45) is -0.543. The van der Waals surface area contributed by atoms with Crippen LogP contribution in [0.2, 0.25) is 10.0 Å². The molecule has 20 heavy (non-hydrogen) atoms. The van der Waals surface area contributed by atoms with E-state index in [4.69, 9.17) is 33.7 Å². The molecule has 1 amide bonds. The number of amides is 1. The number of ether oxygens (including phenoxy) is 1. The Balaban J connectivity index is 2.27. The highest BCUT2D eigenvalue weighted by molar-refractivity contribution is 6.44. The standard InChI is InChI=1S/C13H16Cl2N2O3/c1-7-4-17(5-9(6-18)20-7)13(19)10-2-8(16)3-11(14)12(10)15/h2-3,7,9,18H,4-6,16H2,1H3. The Labute approximate surface area is 127 Å². The molecular weight excluding hydrogens is 303 g/mol. The number of anilines is 1. The largest absolute Gasteiger partial charge is 0.399 e. The van der Waals surface area contributed by atoms with Crippen LogP contribution in [0.4, 0.5) is 5.69 Å². The minimum absolute atomic E-state index is 0.139. The molecule has 0 spiro atoms. The minimum Gasteiger partial charge on any atom is -0.399 e. The lowest BCUT2D eigenvalue weighted by atomic mass is 10.1. The molecule has 2 unspecified atom stereocenters. The van der Waals surface area contributed by atoms with Gasteiger partial charge in [0.2, 0.25) is 0 Å². The van der Waals surface area contributed by atoms with Crippen LogP contribution in [0.1, 0.15) is 17.3 Å². The second-order valence-corrected chi connectivity index (χ2v) is 5.61. The van der Waals surface area contributed by atoms with Gasteiger partial charge in [0.1, 0.15) is 0 Å². The molecule has 1 fully saturated rings. The molecule has 110 valence electrons. The monoisotopic (exact) mass is 318 g/mol. The van der Waals surface area contributed by atoms with Gasteiger partial charge in [0.25, 0.3) is 5.91 Å². The van der Waals surface area contributed by atoms with Crippen molar-refractivity contribution in [2.75, 3.05) is 25.4 Å². The summed E-state index contributed by atoms with van der Waals surface area (Å²) in [5.74, 6) is -0.266. The smallest absolute Gasteiger partial charge is 0.255 e. The Morgan fingerprint density at radius 3 is 2.85 bits per heavy atom. The fraction of sp³-hybridized carbons (Fsp3) is 0.462. The molecule has 1 aliphatic heterocycles. The van der Waals surface area contributed by atoms with E-state index in [0.29, 0.717) is 18.8 Å². The van der Waals surface area contributed by atoms with Crippen molar-refractivity contribution in [3.63, 3.8) is 0 Å². The molecule has 1 aromatic carbocycles. The first-order valence-corrected chi connectivity index (χ1v) is 6.98. The summed E-state index contributed by atoms with van der Waals surface area (Å²) in [4.78, 5) is 14.1. The zero-order valence-electron chi connectivity index (χ0n) is 11.0. The maximum Gasteiger partial charge on any atom is 0.255 e. The molecule has 0 aromatic heterocycles. The highest BCUT2D eigenvalue weighted by Gasteiger charge is 2.29. The molecule has 7 heteroatoms. The normalized spacial score (nSPS) is 22.9. The molecule has 2 rings (SSSR count). The Morgan fingerprint density at radius 1 is 1.50 bits per heavy atom. The van der Waals surface area contributed by atoms with Gasteiger partial charge < -0.3 is 20.5 Å². The van der Waals surface area contributed by atoms with Crippen molar-refractivity contribution in [1.29, 1.82) is 0 Å². The third kappa shape index (κ3) is 3.17. The number of carbonyl (C=O) groups is 1. The summed E-state index contributed by atoms with van der Waals surface area (Å²) in [6.45, 7) is 2.44. The van der Waals surface area contributed by atoms with E-state index < -0.39 is 6.10 Å². The van der Waals surface area contributed by atoms with Crippen LogP contribution in [0.15, 0.2) is 12.1 Å². The van der Waals surface area contributed by atoms with Crippen LogP contribution in [-0.4, -0.2) is 47.8 Å². The van der Waals surface area contributed by atoms with E-state index in [9.17, 15) is 9.90 Å². The average Bonchev–Trinajstić information content (AvgIpc) is 2.41. The zero-order valence-corrected chi connectivity index (χ0v) is 12.5. The predicted molar refractivity (Wildman–Crippen MR) is 78.2 cm³/mol. The highest BCUT2D eigenvalue weighted by Crippen LogP contribution is 2.30. The van der Waals surface area contributed by atoms with Gasteiger partial charge >= 0.3 is 0 Å². The number of benzene rings is 1. The van der Waals surface area contributed by atoms with E-state index in [-0.39, 0.29) is 34.2 Å². The lowest BCUT2D eigenvalue weighted by Gasteiger charge is -2.36. The van der Waals surface area contributed by atoms with E-state index in [1.54, 1.807) is 4.90 Å². The number of nitrogens with zero attached hydrogens (tertiary/aromatic N) is 1. The van der Waals surface area contributed by atoms with Gasteiger partial charge in [0.15, 0.2) is 0 Å². The molecule has 0 radical (unpaired) electrons. The first kappa shape index (κ1) is 15.4. The van der Waals surface area contributed by atoms with E-state index in [0.717, 1.165) is 0 Å². The first-order valence-electron chi connectivity index (χ1n) is 6.22. The number of nitrogens with two attached hydrogens (primary N) is 1. The summed E-state index contributed by atoms with van der Waals surface area (Å²) in [6, 6.07) is 3.00. The van der Waals surface area contributed by atoms with Crippen LogP contribution in [0.5, 0.6) is 0 Å². The lowest BCUT2D eigenvalue weighted by Crippen LogP contribution is -2.50. The molecule has 0 saturated carbocycles. The molecule has 0 bridgehead atoms. The number of carbonyl (C=O) groups excluding carboxylic acids is 1. The van der Waals surface area contributed by atoms with Gasteiger partial charge in [0, 0.05) is 18.8 Å². The summed E-state index contributed by atoms with van der Waals surface area (Å²) in [5.41, 5.74) is 6.34.